The van der Waals surface area contributed by atoms with E-state index in [1.54, 1.807) is 0 Å². The van der Waals surface area contributed by atoms with Crippen LogP contribution in [-0.2, 0) is 6.42 Å². The number of rotatable bonds is 4. The minimum absolute atomic E-state index is 0.122. The lowest BCUT2D eigenvalue weighted by Gasteiger charge is -2.24. The molecular formula is C22H20N4O. The highest BCUT2D eigenvalue weighted by molar-refractivity contribution is 5.65. The Kier molecular flexibility index (Phi) is 4.39. The fourth-order valence-corrected chi connectivity index (χ4v) is 3.58. The number of hydrogen-bond acceptors (Lipinski definition) is 4. The van der Waals surface area contributed by atoms with Crippen LogP contribution in [0.1, 0.15) is 36.1 Å². The number of nitrogens with one attached hydrogen (secondary N) is 1. The minimum Gasteiger partial charge on any atom is -0.420 e. The van der Waals surface area contributed by atoms with Crippen molar-refractivity contribution in [2.75, 3.05) is 0 Å². The molecular weight excluding hydrogens is 336 g/mol. The lowest BCUT2D eigenvalue weighted by Crippen LogP contribution is -2.21. The van der Waals surface area contributed by atoms with Gasteiger partial charge in [-0.3, -0.25) is 5.10 Å². The van der Waals surface area contributed by atoms with E-state index in [-0.39, 0.29) is 11.8 Å². The van der Waals surface area contributed by atoms with Crippen LogP contribution in [0.25, 0.3) is 11.1 Å². The second-order valence-electron chi connectivity index (χ2n) is 6.58. The molecule has 1 aromatic heterocycles. The lowest BCUT2D eigenvalue weighted by molar-refractivity contribution is 0.378. The molecule has 5 heteroatoms. The summed E-state index contributed by atoms with van der Waals surface area (Å²) in [4.78, 5) is 0. The molecule has 4 rings (SSSR count). The Morgan fingerprint density at radius 3 is 2.48 bits per heavy atom. The summed E-state index contributed by atoms with van der Waals surface area (Å²) in [5, 5.41) is 17.0. The molecule has 1 aliphatic rings. The van der Waals surface area contributed by atoms with Gasteiger partial charge < -0.3 is 10.5 Å². The largest absolute Gasteiger partial charge is 0.420 e. The van der Waals surface area contributed by atoms with Gasteiger partial charge in [-0.25, -0.2) is 0 Å². The van der Waals surface area contributed by atoms with Gasteiger partial charge in [-0.2, -0.15) is 5.26 Å². The molecule has 0 aliphatic carbocycles. The van der Waals surface area contributed by atoms with Gasteiger partial charge in [0.25, 0.3) is 0 Å². The van der Waals surface area contributed by atoms with Crippen LogP contribution in [-0.4, -0.2) is 10.2 Å². The van der Waals surface area contributed by atoms with Crippen LogP contribution >= 0.6 is 0 Å². The van der Waals surface area contributed by atoms with Crippen molar-refractivity contribution in [3.05, 3.63) is 82.9 Å². The molecule has 0 radical (unpaired) electrons. The zero-order chi connectivity index (χ0) is 18.8. The van der Waals surface area contributed by atoms with E-state index in [2.05, 4.69) is 59.6 Å². The number of ether oxygens (including phenoxy) is 1. The first kappa shape index (κ1) is 16.9. The summed E-state index contributed by atoms with van der Waals surface area (Å²) in [6.07, 6.45) is 1.80. The number of H-pyrrole nitrogens is 1. The number of nitrogens with two attached hydrogens (primary N) is 1. The summed E-state index contributed by atoms with van der Waals surface area (Å²) in [5.74, 6) is 0.313. The van der Waals surface area contributed by atoms with Crippen molar-refractivity contribution in [3.63, 3.8) is 0 Å². The molecule has 3 aromatic rings. The number of nitrogens with zero attached hydrogens (tertiary/aromatic N) is 2. The number of allylic oxidation sites excluding steroid dienone is 1. The number of nitriles is 1. The predicted octanol–water partition coefficient (Wildman–Crippen LogP) is 4.25. The minimum atomic E-state index is -0.274. The lowest BCUT2D eigenvalue weighted by atomic mass is 9.83. The summed E-state index contributed by atoms with van der Waals surface area (Å²) in [7, 11) is 0. The standard InChI is InChI=1S/C22H20N4O/c1-2-6-18-20-19(17(13-23)21(24)27-22(20)26-25-18)16-11-9-15(10-12-16)14-7-4-3-5-8-14/h3-5,7-12,19H,2,6,24H2,1H3,(H,25,26)/t19-/m1/s1. The van der Waals surface area contributed by atoms with Crippen molar-refractivity contribution in [1.82, 2.24) is 10.2 Å². The quantitative estimate of drug-likeness (QED) is 0.731. The van der Waals surface area contributed by atoms with Gasteiger partial charge in [-0.15, -0.1) is 5.10 Å². The van der Waals surface area contributed by atoms with Crippen molar-refractivity contribution in [2.24, 2.45) is 5.73 Å². The second kappa shape index (κ2) is 7.00. The normalized spacial score (nSPS) is 15.8. The Bertz CT molecular complexity index is 1030. The van der Waals surface area contributed by atoms with Crippen LogP contribution in [0.4, 0.5) is 0 Å². The van der Waals surface area contributed by atoms with Gasteiger partial charge in [0, 0.05) is 11.3 Å². The molecule has 2 heterocycles. The number of aromatic nitrogens is 2. The van der Waals surface area contributed by atoms with E-state index in [1.807, 2.05) is 18.2 Å². The highest BCUT2D eigenvalue weighted by atomic mass is 16.5. The van der Waals surface area contributed by atoms with Crippen LogP contribution in [0.15, 0.2) is 66.1 Å². The van der Waals surface area contributed by atoms with E-state index in [0.29, 0.717) is 11.5 Å². The Morgan fingerprint density at radius 1 is 1.11 bits per heavy atom. The molecule has 134 valence electrons. The first-order valence-corrected chi connectivity index (χ1v) is 9.03. The van der Waals surface area contributed by atoms with Gasteiger partial charge in [0.15, 0.2) is 0 Å². The van der Waals surface area contributed by atoms with Crippen molar-refractivity contribution in [2.45, 2.75) is 25.7 Å². The van der Waals surface area contributed by atoms with E-state index >= 15 is 0 Å². The number of hydrogen-bond donors (Lipinski definition) is 2. The topological polar surface area (TPSA) is 87.7 Å². The van der Waals surface area contributed by atoms with Crippen molar-refractivity contribution in [1.29, 1.82) is 5.26 Å². The Balaban J connectivity index is 1.80. The molecule has 0 spiro atoms. The van der Waals surface area contributed by atoms with Gasteiger partial charge in [0.05, 0.1) is 5.92 Å². The first-order valence-electron chi connectivity index (χ1n) is 9.03. The molecule has 3 N–H and O–H groups in total. The van der Waals surface area contributed by atoms with Gasteiger partial charge in [-0.1, -0.05) is 67.9 Å². The number of benzene rings is 2. The van der Waals surface area contributed by atoms with Crippen molar-refractivity contribution < 1.29 is 4.74 Å². The maximum Gasteiger partial charge on any atom is 0.244 e. The van der Waals surface area contributed by atoms with E-state index < -0.39 is 0 Å². The Morgan fingerprint density at radius 2 is 1.81 bits per heavy atom. The first-order chi connectivity index (χ1) is 13.2. The molecule has 0 saturated carbocycles. The number of aryl methyl sites for hydroxylation is 1. The predicted molar refractivity (Wildman–Crippen MR) is 104 cm³/mol. The smallest absolute Gasteiger partial charge is 0.244 e. The molecule has 0 amide bonds. The highest BCUT2D eigenvalue weighted by Gasteiger charge is 2.34. The average Bonchev–Trinajstić information content (AvgIpc) is 3.10. The zero-order valence-electron chi connectivity index (χ0n) is 15.1. The summed E-state index contributed by atoms with van der Waals surface area (Å²) >= 11 is 0. The van der Waals surface area contributed by atoms with Crippen LogP contribution < -0.4 is 10.5 Å². The monoisotopic (exact) mass is 356 g/mol. The van der Waals surface area contributed by atoms with Crippen molar-refractivity contribution in [3.8, 4) is 23.1 Å². The third kappa shape index (κ3) is 2.96. The third-order valence-corrected chi connectivity index (χ3v) is 4.87. The SMILES string of the molecule is CCCc1[nH]nc2c1[C@H](c1ccc(-c3ccccc3)cc1)C(C#N)=C(N)O2. The van der Waals surface area contributed by atoms with Crippen LogP contribution in [0.3, 0.4) is 0 Å². The molecule has 0 saturated heterocycles. The van der Waals surface area contributed by atoms with Crippen molar-refractivity contribution >= 4 is 0 Å². The second-order valence-corrected chi connectivity index (χ2v) is 6.58. The molecule has 27 heavy (non-hydrogen) atoms. The van der Waals surface area contributed by atoms with Crippen LogP contribution in [0.2, 0.25) is 0 Å². The van der Waals surface area contributed by atoms with Crippen LogP contribution in [0, 0.1) is 11.3 Å². The van der Waals surface area contributed by atoms with E-state index in [1.165, 1.54) is 0 Å². The molecule has 5 nitrogen and oxygen atoms in total. The number of aromatic amines is 1. The maximum absolute atomic E-state index is 9.71. The van der Waals surface area contributed by atoms with Gasteiger partial charge in [0.2, 0.25) is 11.8 Å². The van der Waals surface area contributed by atoms with Gasteiger partial charge >= 0.3 is 0 Å². The zero-order valence-corrected chi connectivity index (χ0v) is 15.1. The summed E-state index contributed by atoms with van der Waals surface area (Å²) in [5.41, 5.74) is 11.6. The molecule has 2 aromatic carbocycles. The maximum atomic E-state index is 9.71. The van der Waals surface area contributed by atoms with E-state index in [9.17, 15) is 5.26 Å². The molecule has 1 atom stereocenters. The molecule has 0 bridgehead atoms. The summed E-state index contributed by atoms with van der Waals surface area (Å²) in [6.45, 7) is 2.11. The molecule has 0 fully saturated rings. The fourth-order valence-electron chi connectivity index (χ4n) is 3.58. The number of fused-ring (bicyclic) bond motifs is 1. The third-order valence-electron chi connectivity index (χ3n) is 4.87. The van der Waals surface area contributed by atoms with E-state index in [4.69, 9.17) is 10.5 Å². The molecule has 0 unspecified atom stereocenters. The molecule has 1 aliphatic heterocycles. The summed E-state index contributed by atoms with van der Waals surface area (Å²) < 4.78 is 5.60. The Hall–Kier alpha value is -3.52. The average molecular weight is 356 g/mol. The fraction of sp³-hybridized carbons (Fsp3) is 0.182. The van der Waals surface area contributed by atoms with Gasteiger partial charge in [-0.05, 0) is 23.1 Å². The highest BCUT2D eigenvalue weighted by Crippen LogP contribution is 2.43. The van der Waals surface area contributed by atoms with Crippen LogP contribution in [0.5, 0.6) is 5.88 Å². The van der Waals surface area contributed by atoms with E-state index in [0.717, 1.165) is 40.8 Å². The summed E-state index contributed by atoms with van der Waals surface area (Å²) in [6, 6.07) is 20.7. The van der Waals surface area contributed by atoms with Gasteiger partial charge in [0.1, 0.15) is 11.6 Å². The Labute approximate surface area is 158 Å².